The van der Waals surface area contributed by atoms with Gasteiger partial charge in [0.1, 0.15) is 0 Å². The first-order chi connectivity index (χ1) is 8.69. The van der Waals surface area contributed by atoms with Crippen LogP contribution in [0, 0.1) is 11.3 Å². The molecule has 1 saturated heterocycles. The van der Waals surface area contributed by atoms with Gasteiger partial charge in [0.05, 0.1) is 18.2 Å². The van der Waals surface area contributed by atoms with Gasteiger partial charge in [-0.15, -0.1) is 0 Å². The van der Waals surface area contributed by atoms with Gasteiger partial charge < -0.3 is 0 Å². The van der Waals surface area contributed by atoms with E-state index >= 15 is 0 Å². The second kappa shape index (κ2) is 5.89. The molecule has 18 heavy (non-hydrogen) atoms. The van der Waals surface area contributed by atoms with Gasteiger partial charge in [-0.2, -0.15) is 5.26 Å². The van der Waals surface area contributed by atoms with Crippen LogP contribution in [0.1, 0.15) is 15.9 Å². The third-order valence-corrected chi connectivity index (χ3v) is 4.25. The lowest BCUT2D eigenvalue weighted by atomic mass is 10.1. The van der Waals surface area contributed by atoms with Gasteiger partial charge in [0.2, 0.25) is 0 Å². The zero-order chi connectivity index (χ0) is 13.0. The van der Waals surface area contributed by atoms with Gasteiger partial charge in [0.25, 0.3) is 0 Å². The molecule has 0 aromatic heterocycles. The summed E-state index contributed by atoms with van der Waals surface area (Å²) in [5, 5.41) is 8.68. The van der Waals surface area contributed by atoms with E-state index in [0.29, 0.717) is 42.3 Å². The van der Waals surface area contributed by atoms with Crippen molar-refractivity contribution in [2.75, 3.05) is 31.1 Å². The summed E-state index contributed by atoms with van der Waals surface area (Å²) in [4.78, 5) is 14.0. The summed E-state index contributed by atoms with van der Waals surface area (Å²) in [6.07, 6.45) is 0. The minimum atomic E-state index is -0.714. The minimum absolute atomic E-state index is 0.0483. The van der Waals surface area contributed by atoms with Crippen LogP contribution < -0.4 is 0 Å². The predicted octanol–water partition coefficient (Wildman–Crippen LogP) is 0.805. The molecule has 0 N–H and O–H groups in total. The lowest BCUT2D eigenvalue weighted by Crippen LogP contribution is -2.40. The lowest BCUT2D eigenvalue weighted by molar-refractivity contribution is 0.0936. The highest BCUT2D eigenvalue weighted by Crippen LogP contribution is 2.07. The van der Waals surface area contributed by atoms with Crippen LogP contribution in [0.4, 0.5) is 0 Å². The third-order valence-electron chi connectivity index (χ3n) is 2.97. The van der Waals surface area contributed by atoms with E-state index in [2.05, 4.69) is 0 Å². The Hall–Kier alpha value is -1.51. The van der Waals surface area contributed by atoms with Crippen molar-refractivity contribution >= 4 is 16.6 Å². The van der Waals surface area contributed by atoms with Crippen LogP contribution >= 0.6 is 0 Å². The molecule has 0 saturated carbocycles. The van der Waals surface area contributed by atoms with Crippen LogP contribution in [0.2, 0.25) is 0 Å². The maximum Gasteiger partial charge on any atom is 0.176 e. The standard InChI is InChI=1S/C13H14N2O2S/c14-9-11-1-3-12(4-2-11)13(16)10-15-5-7-18(17)8-6-15/h1-4H,5-8,10H2. The Morgan fingerprint density at radius 1 is 1.28 bits per heavy atom. The van der Waals surface area contributed by atoms with E-state index in [1.807, 2.05) is 11.0 Å². The van der Waals surface area contributed by atoms with Crippen molar-refractivity contribution < 1.29 is 9.00 Å². The van der Waals surface area contributed by atoms with Crippen molar-refractivity contribution in [1.29, 1.82) is 5.26 Å². The van der Waals surface area contributed by atoms with Gasteiger partial charge in [-0.05, 0) is 12.1 Å². The van der Waals surface area contributed by atoms with E-state index in [9.17, 15) is 9.00 Å². The molecule has 0 amide bonds. The average Bonchev–Trinajstić information content (AvgIpc) is 2.41. The molecule has 0 unspecified atom stereocenters. The zero-order valence-corrected chi connectivity index (χ0v) is 10.8. The Labute approximate surface area is 109 Å². The monoisotopic (exact) mass is 262 g/mol. The summed E-state index contributed by atoms with van der Waals surface area (Å²) >= 11 is 0. The van der Waals surface area contributed by atoms with Crippen molar-refractivity contribution in [3.05, 3.63) is 35.4 Å². The first-order valence-corrected chi connectivity index (χ1v) is 7.28. The second-order valence-corrected chi connectivity index (χ2v) is 5.93. The number of benzene rings is 1. The van der Waals surface area contributed by atoms with E-state index in [1.54, 1.807) is 24.3 Å². The SMILES string of the molecule is N#Cc1ccc(C(=O)CN2CCS(=O)CC2)cc1. The highest BCUT2D eigenvalue weighted by atomic mass is 32.2. The van der Waals surface area contributed by atoms with E-state index in [1.165, 1.54) is 0 Å². The predicted molar refractivity (Wildman–Crippen MR) is 69.8 cm³/mol. The normalized spacial score (nSPS) is 17.3. The molecule has 1 fully saturated rings. The van der Waals surface area contributed by atoms with Gasteiger partial charge >= 0.3 is 0 Å². The Kier molecular flexibility index (Phi) is 4.24. The van der Waals surface area contributed by atoms with Crippen molar-refractivity contribution in [3.8, 4) is 6.07 Å². The molecule has 0 aliphatic carbocycles. The third kappa shape index (κ3) is 3.25. The fraction of sp³-hybridized carbons (Fsp3) is 0.385. The summed E-state index contributed by atoms with van der Waals surface area (Å²) in [5.74, 6) is 1.36. The first kappa shape index (κ1) is 12.9. The summed E-state index contributed by atoms with van der Waals surface area (Å²) in [6.45, 7) is 1.80. The molecule has 1 aliphatic heterocycles. The number of hydrogen-bond acceptors (Lipinski definition) is 4. The fourth-order valence-electron chi connectivity index (χ4n) is 1.86. The highest BCUT2D eigenvalue weighted by Gasteiger charge is 2.18. The lowest BCUT2D eigenvalue weighted by Gasteiger charge is -2.25. The van der Waals surface area contributed by atoms with Gasteiger partial charge in [-0.3, -0.25) is 13.9 Å². The van der Waals surface area contributed by atoms with Crippen LogP contribution in [0.15, 0.2) is 24.3 Å². The molecule has 1 heterocycles. The van der Waals surface area contributed by atoms with Crippen LogP contribution in [0.3, 0.4) is 0 Å². The zero-order valence-electron chi connectivity index (χ0n) is 9.96. The molecular formula is C13H14N2O2S. The molecule has 1 aliphatic rings. The smallest absolute Gasteiger partial charge is 0.176 e. The summed E-state index contributed by atoms with van der Waals surface area (Å²) in [5.41, 5.74) is 1.18. The molecule has 0 spiro atoms. The van der Waals surface area contributed by atoms with Crippen LogP contribution in [-0.2, 0) is 10.8 Å². The molecule has 5 heteroatoms. The van der Waals surface area contributed by atoms with Crippen molar-refractivity contribution in [1.82, 2.24) is 4.90 Å². The number of carbonyl (C=O) groups excluding carboxylic acids is 1. The van der Waals surface area contributed by atoms with Crippen LogP contribution in [0.25, 0.3) is 0 Å². The molecule has 2 rings (SSSR count). The molecule has 0 atom stereocenters. The van der Waals surface area contributed by atoms with Gasteiger partial charge in [-0.1, -0.05) is 12.1 Å². The number of nitriles is 1. The minimum Gasteiger partial charge on any atom is -0.294 e. The van der Waals surface area contributed by atoms with Crippen molar-refractivity contribution in [3.63, 3.8) is 0 Å². The molecule has 94 valence electrons. The van der Waals surface area contributed by atoms with Gasteiger partial charge in [0, 0.05) is 41.0 Å². The number of rotatable bonds is 3. The van der Waals surface area contributed by atoms with Gasteiger partial charge in [0.15, 0.2) is 5.78 Å². The largest absolute Gasteiger partial charge is 0.294 e. The summed E-state index contributed by atoms with van der Waals surface area (Å²) < 4.78 is 11.2. The molecular weight excluding hydrogens is 248 g/mol. The van der Waals surface area contributed by atoms with Crippen LogP contribution in [0.5, 0.6) is 0 Å². The van der Waals surface area contributed by atoms with Gasteiger partial charge in [-0.25, -0.2) is 0 Å². The Bertz CT molecular complexity index is 495. The molecule has 4 nitrogen and oxygen atoms in total. The van der Waals surface area contributed by atoms with E-state index in [0.717, 1.165) is 0 Å². The molecule has 1 aromatic rings. The molecule has 0 radical (unpaired) electrons. The van der Waals surface area contributed by atoms with Crippen LogP contribution in [-0.4, -0.2) is 46.0 Å². The number of hydrogen-bond donors (Lipinski definition) is 0. The molecule has 1 aromatic carbocycles. The van der Waals surface area contributed by atoms with E-state index in [4.69, 9.17) is 5.26 Å². The van der Waals surface area contributed by atoms with E-state index < -0.39 is 10.8 Å². The summed E-state index contributed by atoms with van der Waals surface area (Å²) in [6, 6.07) is 8.69. The maximum absolute atomic E-state index is 12.0. The number of ketones is 1. The molecule has 0 bridgehead atoms. The Morgan fingerprint density at radius 2 is 1.89 bits per heavy atom. The first-order valence-electron chi connectivity index (χ1n) is 5.80. The van der Waals surface area contributed by atoms with E-state index in [-0.39, 0.29) is 5.78 Å². The Morgan fingerprint density at radius 3 is 2.44 bits per heavy atom. The number of nitrogens with zero attached hydrogens (tertiary/aromatic N) is 2. The van der Waals surface area contributed by atoms with Crippen molar-refractivity contribution in [2.24, 2.45) is 0 Å². The highest BCUT2D eigenvalue weighted by molar-refractivity contribution is 7.85. The fourth-order valence-corrected chi connectivity index (χ4v) is 2.99. The maximum atomic E-state index is 12.0. The van der Waals surface area contributed by atoms with Crippen molar-refractivity contribution in [2.45, 2.75) is 0 Å². The summed E-state index contributed by atoms with van der Waals surface area (Å²) in [7, 11) is -0.714. The Balaban J connectivity index is 1.95. The topological polar surface area (TPSA) is 61.2 Å². The number of carbonyl (C=O) groups is 1. The number of Topliss-reactive ketones (excluding diaryl/α,β-unsaturated/α-hetero) is 1. The average molecular weight is 262 g/mol. The second-order valence-electron chi connectivity index (χ2n) is 4.24. The quantitative estimate of drug-likeness (QED) is 0.756.